The minimum absolute atomic E-state index is 0.0403. The number of phenolic OH excluding ortho intramolecular Hbond substituents is 2. The van der Waals surface area contributed by atoms with Crippen LogP contribution < -0.4 is 0 Å². The lowest BCUT2D eigenvalue weighted by Gasteiger charge is -2.07. The molecule has 0 fully saturated rings. The summed E-state index contributed by atoms with van der Waals surface area (Å²) >= 11 is 9.17. The fourth-order valence-electron chi connectivity index (χ4n) is 2.16. The number of allylic oxidation sites excluding steroid dienone is 1. The zero-order valence-electron chi connectivity index (χ0n) is 11.6. The van der Waals surface area contributed by atoms with Crippen molar-refractivity contribution in [3.8, 4) is 11.5 Å². The van der Waals surface area contributed by atoms with Gasteiger partial charge in [0.1, 0.15) is 21.7 Å². The Morgan fingerprint density at radius 3 is 2.43 bits per heavy atom. The second-order valence-electron chi connectivity index (χ2n) is 4.84. The molecular weight excluding hydrogens is 384 g/mol. The van der Waals surface area contributed by atoms with Crippen molar-refractivity contribution in [2.45, 2.75) is 0 Å². The Hall–Kier alpha value is -2.24. The van der Waals surface area contributed by atoms with Crippen LogP contribution in [0.5, 0.6) is 11.5 Å². The highest BCUT2D eigenvalue weighted by Crippen LogP contribution is 2.40. The Morgan fingerprint density at radius 2 is 1.78 bits per heavy atom. The lowest BCUT2D eigenvalue weighted by Crippen LogP contribution is -1.93. The minimum Gasteiger partial charge on any atom is -0.508 e. The Balaban J connectivity index is 2.08. The third-order valence-electron chi connectivity index (χ3n) is 3.27. The number of halogens is 2. The number of esters is 1. The van der Waals surface area contributed by atoms with E-state index in [1.807, 2.05) is 0 Å². The highest BCUT2D eigenvalue weighted by molar-refractivity contribution is 9.12. The number of carbonyl (C=O) groups is 1. The fraction of sp³-hybridized carbons (Fsp3) is 0. The second kappa shape index (κ2) is 6.10. The predicted molar refractivity (Wildman–Crippen MR) is 91.1 cm³/mol. The SMILES string of the molecule is O=C1O/C(=C\c2ccc(O)cc2)C(c2ccc(O)c(Cl)c2)=C1Br. The average Bonchev–Trinajstić information content (AvgIpc) is 2.79. The molecule has 0 aromatic heterocycles. The number of aromatic hydroxyl groups is 2. The molecule has 0 saturated heterocycles. The molecule has 0 amide bonds. The van der Waals surface area contributed by atoms with E-state index in [1.54, 1.807) is 42.5 Å². The summed E-state index contributed by atoms with van der Waals surface area (Å²) in [6.45, 7) is 0. The molecule has 2 aromatic carbocycles. The molecule has 3 rings (SSSR count). The molecule has 6 heteroatoms. The van der Waals surface area contributed by atoms with Gasteiger partial charge in [0.2, 0.25) is 0 Å². The second-order valence-corrected chi connectivity index (χ2v) is 6.05. The summed E-state index contributed by atoms with van der Waals surface area (Å²) in [7, 11) is 0. The Labute approximate surface area is 145 Å². The van der Waals surface area contributed by atoms with Gasteiger partial charge in [0.25, 0.3) is 0 Å². The van der Waals surface area contributed by atoms with E-state index in [4.69, 9.17) is 16.3 Å². The van der Waals surface area contributed by atoms with Gasteiger partial charge < -0.3 is 14.9 Å². The van der Waals surface area contributed by atoms with Gasteiger partial charge in [0, 0.05) is 5.57 Å². The number of rotatable bonds is 2. The Kier molecular flexibility index (Phi) is 4.15. The van der Waals surface area contributed by atoms with Crippen LogP contribution in [0.3, 0.4) is 0 Å². The molecule has 1 aliphatic heterocycles. The molecule has 1 heterocycles. The summed E-state index contributed by atoms with van der Waals surface area (Å²) < 4.78 is 5.56. The van der Waals surface area contributed by atoms with E-state index in [1.165, 1.54) is 6.07 Å². The topological polar surface area (TPSA) is 66.8 Å². The third-order valence-corrected chi connectivity index (χ3v) is 4.30. The number of ether oxygens (including phenoxy) is 1. The van der Waals surface area contributed by atoms with Gasteiger partial charge in [-0.15, -0.1) is 0 Å². The predicted octanol–water partition coefficient (Wildman–Crippen LogP) is 4.46. The molecule has 2 aromatic rings. The first-order valence-electron chi connectivity index (χ1n) is 6.57. The number of carbonyl (C=O) groups excluding carboxylic acids is 1. The van der Waals surface area contributed by atoms with Gasteiger partial charge in [-0.25, -0.2) is 4.79 Å². The van der Waals surface area contributed by atoms with Crippen LogP contribution in [0, 0.1) is 0 Å². The van der Waals surface area contributed by atoms with Crippen LogP contribution in [0.2, 0.25) is 5.02 Å². The molecule has 0 atom stereocenters. The van der Waals surface area contributed by atoms with Crippen molar-refractivity contribution < 1.29 is 19.7 Å². The van der Waals surface area contributed by atoms with E-state index >= 15 is 0 Å². The van der Waals surface area contributed by atoms with Gasteiger partial charge in [-0.3, -0.25) is 0 Å². The number of cyclic esters (lactones) is 1. The first-order valence-corrected chi connectivity index (χ1v) is 7.75. The maximum atomic E-state index is 11.9. The fourth-order valence-corrected chi connectivity index (χ4v) is 2.85. The minimum atomic E-state index is -0.505. The smallest absolute Gasteiger partial charge is 0.351 e. The molecule has 23 heavy (non-hydrogen) atoms. The van der Waals surface area contributed by atoms with Crippen LogP contribution in [0.4, 0.5) is 0 Å². The van der Waals surface area contributed by atoms with Gasteiger partial charge in [-0.1, -0.05) is 29.8 Å². The van der Waals surface area contributed by atoms with Crippen molar-refractivity contribution in [3.63, 3.8) is 0 Å². The van der Waals surface area contributed by atoms with E-state index in [2.05, 4.69) is 15.9 Å². The van der Waals surface area contributed by atoms with E-state index in [-0.39, 0.29) is 21.0 Å². The van der Waals surface area contributed by atoms with Gasteiger partial charge in [0.05, 0.1) is 5.02 Å². The summed E-state index contributed by atoms with van der Waals surface area (Å²) in [6.07, 6.45) is 1.68. The highest BCUT2D eigenvalue weighted by atomic mass is 79.9. The molecule has 0 bridgehead atoms. The number of hydrogen-bond acceptors (Lipinski definition) is 4. The summed E-state index contributed by atoms with van der Waals surface area (Å²) in [5, 5.41) is 19.0. The Morgan fingerprint density at radius 1 is 1.09 bits per heavy atom. The summed E-state index contributed by atoms with van der Waals surface area (Å²) in [5.74, 6) is -0.0391. The average molecular weight is 394 g/mol. The zero-order chi connectivity index (χ0) is 16.6. The van der Waals surface area contributed by atoms with Gasteiger partial charge >= 0.3 is 5.97 Å². The van der Waals surface area contributed by atoms with E-state index < -0.39 is 5.97 Å². The molecule has 0 aliphatic carbocycles. The monoisotopic (exact) mass is 392 g/mol. The van der Waals surface area contributed by atoms with E-state index in [0.29, 0.717) is 16.9 Å². The number of phenols is 2. The number of benzene rings is 2. The molecular formula is C17H10BrClO4. The Bertz CT molecular complexity index is 853. The van der Waals surface area contributed by atoms with Crippen molar-refractivity contribution in [2.75, 3.05) is 0 Å². The van der Waals surface area contributed by atoms with E-state index in [9.17, 15) is 15.0 Å². The lowest BCUT2D eigenvalue weighted by atomic mass is 10.0. The molecule has 1 aliphatic rings. The van der Waals surface area contributed by atoms with Crippen molar-refractivity contribution in [3.05, 3.63) is 68.9 Å². The van der Waals surface area contributed by atoms with Gasteiger partial charge in [0.15, 0.2) is 0 Å². The molecule has 0 unspecified atom stereocenters. The van der Waals surface area contributed by atoms with Crippen LogP contribution in [0.1, 0.15) is 11.1 Å². The summed E-state index contributed by atoms with van der Waals surface area (Å²) in [6, 6.07) is 11.1. The lowest BCUT2D eigenvalue weighted by molar-refractivity contribution is -0.132. The molecule has 2 N–H and O–H groups in total. The van der Waals surface area contributed by atoms with Crippen molar-refractivity contribution in [1.29, 1.82) is 0 Å². The summed E-state index contributed by atoms with van der Waals surface area (Å²) in [5.41, 5.74) is 1.94. The maximum absolute atomic E-state index is 11.9. The normalized spacial score (nSPS) is 16.1. The largest absolute Gasteiger partial charge is 0.508 e. The van der Waals surface area contributed by atoms with Gasteiger partial charge in [-0.05, 0) is 57.4 Å². The third kappa shape index (κ3) is 3.11. The van der Waals surface area contributed by atoms with Crippen molar-refractivity contribution in [1.82, 2.24) is 0 Å². The van der Waals surface area contributed by atoms with Crippen molar-refractivity contribution in [2.24, 2.45) is 0 Å². The first-order chi connectivity index (χ1) is 11.0. The van der Waals surface area contributed by atoms with Crippen LogP contribution >= 0.6 is 27.5 Å². The van der Waals surface area contributed by atoms with Crippen LogP contribution in [0.25, 0.3) is 11.6 Å². The van der Waals surface area contributed by atoms with Crippen LogP contribution in [-0.4, -0.2) is 16.2 Å². The van der Waals surface area contributed by atoms with E-state index in [0.717, 1.165) is 5.56 Å². The zero-order valence-corrected chi connectivity index (χ0v) is 13.9. The standard InChI is InChI=1S/C17H10BrClO4/c18-16-15(10-3-6-13(21)12(19)8-10)14(23-17(16)22)7-9-1-4-11(20)5-2-9/h1-8,20-21H/b14-7-. The number of hydrogen-bond donors (Lipinski definition) is 2. The summed E-state index contributed by atoms with van der Waals surface area (Å²) in [4.78, 5) is 11.9. The van der Waals surface area contributed by atoms with Crippen LogP contribution in [-0.2, 0) is 9.53 Å². The molecule has 0 radical (unpaired) electrons. The first kappa shape index (κ1) is 15.6. The molecule has 116 valence electrons. The molecule has 4 nitrogen and oxygen atoms in total. The molecule has 0 spiro atoms. The van der Waals surface area contributed by atoms with Gasteiger partial charge in [-0.2, -0.15) is 0 Å². The maximum Gasteiger partial charge on any atom is 0.351 e. The van der Waals surface area contributed by atoms with Crippen LogP contribution in [0.15, 0.2) is 52.7 Å². The van der Waals surface area contributed by atoms with Crippen molar-refractivity contribution >= 4 is 45.1 Å². The quantitative estimate of drug-likeness (QED) is 0.740. The highest BCUT2D eigenvalue weighted by Gasteiger charge is 2.29. The molecule has 0 saturated carbocycles.